The lowest BCUT2D eigenvalue weighted by atomic mass is 9.87. The van der Waals surface area contributed by atoms with Gasteiger partial charge in [-0.15, -0.1) is 0 Å². The van der Waals surface area contributed by atoms with E-state index < -0.39 is 21.8 Å². The quantitative estimate of drug-likeness (QED) is 0.819. The zero-order chi connectivity index (χ0) is 19.8. The Hall–Kier alpha value is -2.22. The van der Waals surface area contributed by atoms with E-state index >= 15 is 0 Å². The maximum atomic E-state index is 12.9. The van der Waals surface area contributed by atoms with E-state index in [1.165, 1.54) is 19.2 Å². The molecule has 4 nitrogen and oxygen atoms in total. The van der Waals surface area contributed by atoms with Crippen LogP contribution < -0.4 is 9.46 Å². The minimum atomic E-state index is -4.60. The van der Waals surface area contributed by atoms with Gasteiger partial charge in [0.25, 0.3) is 10.0 Å². The summed E-state index contributed by atoms with van der Waals surface area (Å²) < 4.78 is 70.9. The molecule has 0 radical (unpaired) electrons. The van der Waals surface area contributed by atoms with Crippen molar-refractivity contribution in [3.63, 3.8) is 0 Å². The number of halogens is 3. The van der Waals surface area contributed by atoms with Crippen LogP contribution in [0.4, 0.5) is 18.9 Å². The van der Waals surface area contributed by atoms with Crippen LogP contribution in [0.1, 0.15) is 31.9 Å². The highest BCUT2D eigenvalue weighted by Gasteiger charge is 2.31. The fourth-order valence-corrected chi connectivity index (χ4v) is 3.36. The van der Waals surface area contributed by atoms with Gasteiger partial charge in [0.15, 0.2) is 0 Å². The SMILES string of the molecule is COc1ccc(C(F)(F)F)cc1NS(=O)(=O)c1ccc(C(C)(C)C)cc1. The molecule has 0 heterocycles. The molecule has 0 aliphatic carbocycles. The van der Waals surface area contributed by atoms with Crippen molar-refractivity contribution in [2.45, 2.75) is 37.3 Å². The van der Waals surface area contributed by atoms with Crippen LogP contribution >= 0.6 is 0 Å². The molecule has 0 aromatic heterocycles. The van der Waals surface area contributed by atoms with Crippen molar-refractivity contribution in [3.05, 3.63) is 53.6 Å². The van der Waals surface area contributed by atoms with Gasteiger partial charge in [-0.3, -0.25) is 4.72 Å². The maximum absolute atomic E-state index is 12.9. The van der Waals surface area contributed by atoms with E-state index in [1.54, 1.807) is 12.1 Å². The Morgan fingerprint density at radius 2 is 1.46 bits per heavy atom. The van der Waals surface area contributed by atoms with Crippen LogP contribution in [0.15, 0.2) is 47.4 Å². The van der Waals surface area contributed by atoms with Crippen molar-refractivity contribution in [1.82, 2.24) is 0 Å². The standard InChI is InChI=1S/C18H20F3NO3S/c1-17(2,3)12-5-8-14(9-6-12)26(23,24)22-15-11-13(18(19,20)21)7-10-16(15)25-4/h5-11,22H,1-4H3. The van der Waals surface area contributed by atoms with Gasteiger partial charge in [0, 0.05) is 0 Å². The Morgan fingerprint density at radius 3 is 1.92 bits per heavy atom. The van der Waals surface area contributed by atoms with Crippen LogP contribution in [0.2, 0.25) is 0 Å². The summed E-state index contributed by atoms with van der Waals surface area (Å²) in [5, 5.41) is 0. The molecule has 0 bridgehead atoms. The lowest BCUT2D eigenvalue weighted by molar-refractivity contribution is -0.137. The maximum Gasteiger partial charge on any atom is 0.416 e. The van der Waals surface area contributed by atoms with Crippen LogP contribution in [0.5, 0.6) is 5.75 Å². The van der Waals surface area contributed by atoms with E-state index in [0.717, 1.165) is 17.7 Å². The summed E-state index contributed by atoms with van der Waals surface area (Å²) in [6.07, 6.45) is -4.60. The highest BCUT2D eigenvalue weighted by molar-refractivity contribution is 7.92. The molecule has 0 atom stereocenters. The molecular formula is C18H20F3NO3S. The van der Waals surface area contributed by atoms with Crippen molar-refractivity contribution >= 4 is 15.7 Å². The van der Waals surface area contributed by atoms with Crippen molar-refractivity contribution in [3.8, 4) is 5.75 Å². The third-order valence-electron chi connectivity index (χ3n) is 3.80. The smallest absolute Gasteiger partial charge is 0.416 e. The number of ether oxygens (including phenoxy) is 1. The molecule has 142 valence electrons. The highest BCUT2D eigenvalue weighted by Crippen LogP contribution is 2.36. The largest absolute Gasteiger partial charge is 0.495 e. The molecule has 8 heteroatoms. The molecular weight excluding hydrogens is 367 g/mol. The number of nitrogens with one attached hydrogen (secondary N) is 1. The third-order valence-corrected chi connectivity index (χ3v) is 5.18. The fraction of sp³-hybridized carbons (Fsp3) is 0.333. The number of methoxy groups -OCH3 is 1. The van der Waals surface area contributed by atoms with Crippen LogP contribution in [0.25, 0.3) is 0 Å². The zero-order valence-corrected chi connectivity index (χ0v) is 15.6. The molecule has 2 aromatic rings. The number of benzene rings is 2. The normalized spacial score (nSPS) is 12.7. The van der Waals surface area contributed by atoms with Gasteiger partial charge in [-0.25, -0.2) is 8.42 Å². The number of sulfonamides is 1. The van der Waals surface area contributed by atoms with Crippen molar-refractivity contribution in [2.75, 3.05) is 11.8 Å². The molecule has 0 saturated heterocycles. The fourth-order valence-electron chi connectivity index (χ4n) is 2.30. The predicted octanol–water partition coefficient (Wildman–Crippen LogP) is 4.81. The second kappa shape index (κ2) is 6.83. The van der Waals surface area contributed by atoms with Crippen LogP contribution in [-0.4, -0.2) is 15.5 Å². The molecule has 0 spiro atoms. The molecule has 2 aromatic carbocycles. The Kier molecular flexibility index (Phi) is 5.28. The Morgan fingerprint density at radius 1 is 0.923 bits per heavy atom. The van der Waals surface area contributed by atoms with Gasteiger partial charge < -0.3 is 4.74 Å². The first-order chi connectivity index (χ1) is 11.8. The molecule has 0 amide bonds. The third kappa shape index (κ3) is 4.49. The molecule has 0 aliphatic rings. The van der Waals surface area contributed by atoms with Crippen LogP contribution in [-0.2, 0) is 21.6 Å². The van der Waals surface area contributed by atoms with Gasteiger partial charge in [0.1, 0.15) is 5.75 Å². The number of anilines is 1. The number of hydrogen-bond donors (Lipinski definition) is 1. The summed E-state index contributed by atoms with van der Waals surface area (Å²) in [5.74, 6) is -0.00659. The van der Waals surface area contributed by atoms with Gasteiger partial charge in [-0.05, 0) is 41.3 Å². The second-order valence-electron chi connectivity index (χ2n) is 6.79. The average molecular weight is 387 g/mol. The van der Waals surface area contributed by atoms with E-state index in [0.29, 0.717) is 6.07 Å². The summed E-state index contributed by atoms with van der Waals surface area (Å²) in [6.45, 7) is 5.97. The minimum Gasteiger partial charge on any atom is -0.495 e. The van der Waals surface area contributed by atoms with Crippen molar-refractivity contribution in [1.29, 1.82) is 0 Å². The molecule has 0 saturated carbocycles. The molecule has 1 N–H and O–H groups in total. The summed E-state index contributed by atoms with van der Waals surface area (Å²) in [5.41, 5.74) is -0.464. The predicted molar refractivity (Wildman–Crippen MR) is 93.9 cm³/mol. The first-order valence-corrected chi connectivity index (χ1v) is 9.21. The van der Waals surface area contributed by atoms with E-state index in [2.05, 4.69) is 4.72 Å². The van der Waals surface area contributed by atoms with Gasteiger partial charge in [-0.2, -0.15) is 13.2 Å². The van der Waals surface area contributed by atoms with Crippen molar-refractivity contribution < 1.29 is 26.3 Å². The van der Waals surface area contributed by atoms with Crippen molar-refractivity contribution in [2.24, 2.45) is 0 Å². The van der Waals surface area contributed by atoms with Gasteiger partial charge in [-0.1, -0.05) is 32.9 Å². The highest BCUT2D eigenvalue weighted by atomic mass is 32.2. The van der Waals surface area contributed by atoms with Crippen LogP contribution in [0.3, 0.4) is 0 Å². The first-order valence-electron chi connectivity index (χ1n) is 7.73. The van der Waals surface area contributed by atoms with Gasteiger partial charge in [0.05, 0.1) is 23.3 Å². The lowest BCUT2D eigenvalue weighted by Gasteiger charge is -2.19. The van der Waals surface area contributed by atoms with Crippen LogP contribution in [0, 0.1) is 0 Å². The number of rotatable bonds is 4. The van der Waals surface area contributed by atoms with E-state index in [1.807, 2.05) is 20.8 Å². The van der Waals surface area contributed by atoms with Gasteiger partial charge in [0.2, 0.25) is 0 Å². The molecule has 0 fully saturated rings. The minimum absolute atomic E-state index is 0.00659. The molecule has 2 rings (SSSR count). The second-order valence-corrected chi connectivity index (χ2v) is 8.48. The van der Waals surface area contributed by atoms with E-state index in [-0.39, 0.29) is 21.7 Å². The average Bonchev–Trinajstić information content (AvgIpc) is 2.53. The summed E-state index contributed by atoms with van der Waals surface area (Å²) in [4.78, 5) is -0.0510. The van der Waals surface area contributed by atoms with Gasteiger partial charge >= 0.3 is 6.18 Å². The summed E-state index contributed by atoms with van der Waals surface area (Å²) in [7, 11) is -2.82. The molecule has 26 heavy (non-hydrogen) atoms. The Bertz CT molecular complexity index is 883. The van der Waals surface area contributed by atoms with E-state index in [9.17, 15) is 21.6 Å². The monoisotopic (exact) mass is 387 g/mol. The van der Waals surface area contributed by atoms with E-state index in [4.69, 9.17) is 4.74 Å². The summed E-state index contributed by atoms with van der Waals surface area (Å²) in [6, 6.07) is 8.81. The first kappa shape index (κ1) is 20.1. The Balaban J connectivity index is 2.40. The zero-order valence-electron chi connectivity index (χ0n) is 14.8. The molecule has 0 unspecified atom stereocenters. The lowest BCUT2D eigenvalue weighted by Crippen LogP contribution is -2.16. The Labute approximate surface area is 151 Å². The number of hydrogen-bond acceptors (Lipinski definition) is 3. The topological polar surface area (TPSA) is 55.4 Å². The number of alkyl halides is 3. The summed E-state index contributed by atoms with van der Waals surface area (Å²) >= 11 is 0. The molecule has 0 aliphatic heterocycles.